The SMILES string of the molecule is C.CC.CC(C)CC1CN(O)CC1CC(C)(C)C.[Rf]. The summed E-state index contributed by atoms with van der Waals surface area (Å²) in [6.45, 7) is 17.2. The number of hydrogen-bond acceptors (Lipinski definition) is 2. The van der Waals surface area contributed by atoms with Gasteiger partial charge in [0.25, 0.3) is 0 Å². The fourth-order valence-electron chi connectivity index (χ4n) is 2.80. The smallest absolute Gasteiger partial charge is 0.0269 e. The van der Waals surface area contributed by atoms with Crippen LogP contribution >= 0.6 is 0 Å². The molecule has 0 radical (unpaired) electrons. The van der Waals surface area contributed by atoms with E-state index in [0.29, 0.717) is 17.3 Å². The van der Waals surface area contributed by atoms with Gasteiger partial charge in [0.1, 0.15) is 0 Å². The second-order valence-electron chi connectivity index (χ2n) is 6.79. The molecule has 0 bridgehead atoms. The largest absolute Gasteiger partial charge is 0.314 e. The summed E-state index contributed by atoms with van der Waals surface area (Å²) in [5, 5.41) is 11.1. The van der Waals surface area contributed by atoms with Crippen LogP contribution in [0.3, 0.4) is 0 Å². The van der Waals surface area contributed by atoms with Gasteiger partial charge in [-0.1, -0.05) is 55.9 Å². The van der Waals surface area contributed by atoms with E-state index in [0.717, 1.165) is 19.0 Å². The van der Waals surface area contributed by atoms with Crippen molar-refractivity contribution in [3.05, 3.63) is 0 Å². The summed E-state index contributed by atoms with van der Waals surface area (Å²) < 4.78 is 0. The molecule has 1 heterocycles. The van der Waals surface area contributed by atoms with Crippen molar-refractivity contribution in [1.82, 2.24) is 5.06 Å². The number of rotatable bonds is 3. The van der Waals surface area contributed by atoms with Gasteiger partial charge in [-0.05, 0) is 36.0 Å². The third kappa shape index (κ3) is 9.49. The van der Waals surface area contributed by atoms with Crippen molar-refractivity contribution < 1.29 is 5.21 Å². The van der Waals surface area contributed by atoms with Crippen LogP contribution in [0.4, 0.5) is 0 Å². The van der Waals surface area contributed by atoms with Gasteiger partial charge in [0.2, 0.25) is 0 Å². The Balaban J connectivity index is -0.000000609. The van der Waals surface area contributed by atoms with Crippen LogP contribution in [0.2, 0.25) is 0 Å². The van der Waals surface area contributed by atoms with Gasteiger partial charge >= 0.3 is 0 Å². The molecule has 2 atom stereocenters. The van der Waals surface area contributed by atoms with Crippen LogP contribution in [0, 0.1) is 23.2 Å². The zero-order chi connectivity index (χ0) is 13.6. The van der Waals surface area contributed by atoms with E-state index >= 15 is 0 Å². The molecule has 2 nitrogen and oxygen atoms in total. The van der Waals surface area contributed by atoms with Crippen LogP contribution in [-0.2, 0) is 0 Å². The Labute approximate surface area is 116 Å². The average Bonchev–Trinajstić information content (AvgIpc) is 2.46. The van der Waals surface area contributed by atoms with Crippen molar-refractivity contribution in [2.75, 3.05) is 13.1 Å². The molecule has 0 amide bonds. The molecular formula is C16H37NORf. The molecule has 3 heteroatoms. The summed E-state index contributed by atoms with van der Waals surface area (Å²) in [5.74, 6) is 2.11. The molecule has 0 spiro atoms. The maximum atomic E-state index is 9.61. The molecule has 0 aromatic carbocycles. The molecule has 19 heavy (non-hydrogen) atoms. The van der Waals surface area contributed by atoms with E-state index in [-0.39, 0.29) is 7.43 Å². The Kier molecular flexibility index (Phi) is 11.9. The maximum Gasteiger partial charge on any atom is 0.0269 e. The van der Waals surface area contributed by atoms with Crippen LogP contribution in [0.5, 0.6) is 0 Å². The number of hydroxylamine groups is 2. The van der Waals surface area contributed by atoms with E-state index in [1.807, 2.05) is 13.8 Å². The summed E-state index contributed by atoms with van der Waals surface area (Å²) in [6.07, 6.45) is 2.47. The normalized spacial score (nSPS) is 23.2. The van der Waals surface area contributed by atoms with Crippen molar-refractivity contribution in [3.63, 3.8) is 0 Å². The van der Waals surface area contributed by atoms with Crippen LogP contribution in [0.1, 0.15) is 68.7 Å². The Bertz CT molecular complexity index is 201. The predicted molar refractivity (Wildman–Crippen MR) is 81.9 cm³/mol. The number of nitrogens with zero attached hydrogens (tertiary/aromatic N) is 1. The molecular weight excluding hydrogens is 489 g/mol. The fraction of sp³-hybridized carbons (Fsp3) is 1.00. The first-order valence-corrected chi connectivity index (χ1v) is 7.22. The summed E-state index contributed by atoms with van der Waals surface area (Å²) in [4.78, 5) is 0. The van der Waals surface area contributed by atoms with Crippen LogP contribution < -0.4 is 0 Å². The maximum absolute atomic E-state index is 9.61. The standard InChI is InChI=1S/C13H27NO.C2H6.CH4.Rf/c1-10(2)6-11-8-14(15)9-12(11)7-13(3,4)5;1-2;;/h10-12,15H,6-9H2,1-5H3;1-2H3;1H4;. The van der Waals surface area contributed by atoms with E-state index in [9.17, 15) is 5.21 Å². The molecule has 1 saturated heterocycles. The van der Waals surface area contributed by atoms with Gasteiger partial charge in [0.05, 0.1) is 0 Å². The Morgan fingerprint density at radius 3 is 1.89 bits per heavy atom. The van der Waals surface area contributed by atoms with E-state index in [1.54, 1.807) is 0 Å². The van der Waals surface area contributed by atoms with Crippen molar-refractivity contribution in [2.24, 2.45) is 23.2 Å². The summed E-state index contributed by atoms with van der Waals surface area (Å²) in [7, 11) is 0. The minimum atomic E-state index is 0. The van der Waals surface area contributed by atoms with Gasteiger partial charge in [0, 0.05) is 13.1 Å². The van der Waals surface area contributed by atoms with Crippen LogP contribution in [0.15, 0.2) is 0 Å². The monoisotopic (exact) mass is 526 g/mol. The molecule has 114 valence electrons. The Morgan fingerprint density at radius 1 is 1.11 bits per heavy atom. The summed E-state index contributed by atoms with van der Waals surface area (Å²) in [5.41, 5.74) is 0.380. The Hall–Kier alpha value is -1.08. The van der Waals surface area contributed by atoms with Gasteiger partial charge in [-0.15, -0.1) is 0 Å². The minimum absolute atomic E-state index is 0. The summed E-state index contributed by atoms with van der Waals surface area (Å²) in [6, 6.07) is 0. The van der Waals surface area contributed by atoms with Crippen molar-refractivity contribution in [1.29, 1.82) is 0 Å². The molecule has 0 saturated carbocycles. The third-order valence-electron chi connectivity index (χ3n) is 3.21. The van der Waals surface area contributed by atoms with E-state index in [4.69, 9.17) is 0 Å². The van der Waals surface area contributed by atoms with Crippen LogP contribution in [0.25, 0.3) is 0 Å². The van der Waals surface area contributed by atoms with Gasteiger partial charge in [-0.2, -0.15) is 5.06 Å². The second-order valence-corrected chi connectivity index (χ2v) is 6.79. The van der Waals surface area contributed by atoms with E-state index in [1.165, 1.54) is 17.9 Å². The van der Waals surface area contributed by atoms with Gasteiger partial charge in [-0.3, -0.25) is 0 Å². The first-order chi connectivity index (χ1) is 7.78. The third-order valence-corrected chi connectivity index (χ3v) is 3.21. The van der Waals surface area contributed by atoms with Gasteiger partial charge in [-0.25, -0.2) is 0 Å². The molecule has 0 aliphatic carbocycles. The molecule has 0 aromatic rings. The molecule has 1 N–H and O–H groups in total. The van der Waals surface area contributed by atoms with Crippen molar-refractivity contribution in [2.45, 2.75) is 68.7 Å². The minimum Gasteiger partial charge on any atom is -0.314 e. The molecule has 2 unspecified atom stereocenters. The summed E-state index contributed by atoms with van der Waals surface area (Å²) >= 11 is 0. The predicted octanol–water partition coefficient (Wildman–Crippen LogP) is 5.07. The fourth-order valence-corrected chi connectivity index (χ4v) is 2.80. The average molecular weight is 526 g/mol. The zero-order valence-corrected chi connectivity index (χ0v) is 20.1. The molecule has 1 fully saturated rings. The zero-order valence-electron chi connectivity index (χ0n) is 13.7. The van der Waals surface area contributed by atoms with Gasteiger partial charge in [0.15, 0.2) is 0 Å². The van der Waals surface area contributed by atoms with E-state index < -0.39 is 0 Å². The van der Waals surface area contributed by atoms with Crippen molar-refractivity contribution in [3.8, 4) is 0 Å². The topological polar surface area (TPSA) is 23.5 Å². The molecule has 1 aliphatic rings. The Morgan fingerprint density at radius 2 is 1.53 bits per heavy atom. The quantitative estimate of drug-likeness (QED) is 0.556. The van der Waals surface area contributed by atoms with E-state index in [2.05, 4.69) is 34.6 Å². The first kappa shape index (κ1) is 23.0. The number of hydrogen-bond donors (Lipinski definition) is 1. The molecule has 0 aromatic heterocycles. The first-order valence-electron chi connectivity index (χ1n) is 7.22. The van der Waals surface area contributed by atoms with Crippen LogP contribution in [-0.4, -0.2) is 23.4 Å². The van der Waals surface area contributed by atoms with Crippen molar-refractivity contribution >= 4 is 0 Å². The second kappa shape index (κ2) is 9.80. The van der Waals surface area contributed by atoms with Gasteiger partial charge < -0.3 is 5.21 Å². The molecule has 1 rings (SSSR count). The molecule has 1 aliphatic heterocycles.